The van der Waals surface area contributed by atoms with E-state index in [0.29, 0.717) is 18.9 Å². The second kappa shape index (κ2) is 7.73. The zero-order valence-corrected chi connectivity index (χ0v) is 16.0. The first kappa shape index (κ1) is 18.7. The van der Waals surface area contributed by atoms with Gasteiger partial charge in [0.25, 0.3) is 0 Å². The predicted molar refractivity (Wildman–Crippen MR) is 107 cm³/mol. The molecule has 2 aliphatic rings. The number of nitrogens with one attached hydrogen (secondary N) is 2. The minimum Gasteiger partial charge on any atom is -0.356 e. The zero-order valence-electron chi connectivity index (χ0n) is 16.0. The number of aromatic nitrogens is 1. The maximum absolute atomic E-state index is 14.0. The molecule has 2 fully saturated rings. The minimum absolute atomic E-state index is 0.0154. The van der Waals surface area contributed by atoms with Crippen LogP contribution in [-0.2, 0) is 5.41 Å². The lowest BCUT2D eigenvalue weighted by Gasteiger charge is -2.22. The number of halogens is 2. The van der Waals surface area contributed by atoms with Crippen LogP contribution in [0.3, 0.4) is 0 Å². The molecular formula is C21H25F2N5. The highest BCUT2D eigenvalue weighted by Gasteiger charge is 2.44. The summed E-state index contributed by atoms with van der Waals surface area (Å²) in [5.41, 5.74) is 1.02. The van der Waals surface area contributed by atoms with Crippen LogP contribution in [0.1, 0.15) is 24.8 Å². The van der Waals surface area contributed by atoms with Crippen molar-refractivity contribution in [3.05, 3.63) is 59.8 Å². The first-order valence-electron chi connectivity index (χ1n) is 9.68. The maximum atomic E-state index is 14.0. The van der Waals surface area contributed by atoms with Crippen molar-refractivity contribution in [2.45, 2.75) is 30.7 Å². The molecule has 28 heavy (non-hydrogen) atoms. The number of hydrogen-bond acceptors (Lipinski definition) is 3. The number of pyridine rings is 1. The molecule has 0 bridgehead atoms. The molecule has 5 nitrogen and oxygen atoms in total. The van der Waals surface area contributed by atoms with Gasteiger partial charge in [-0.2, -0.15) is 0 Å². The molecule has 1 aromatic heterocycles. The third-order valence-electron chi connectivity index (χ3n) is 5.68. The number of nitrogens with zero attached hydrogens (tertiary/aromatic N) is 3. The fourth-order valence-electron chi connectivity index (χ4n) is 3.86. The first-order chi connectivity index (χ1) is 13.6. The summed E-state index contributed by atoms with van der Waals surface area (Å²) < 4.78 is 27.5. The Morgan fingerprint density at radius 3 is 2.86 bits per heavy atom. The predicted octanol–water partition coefficient (Wildman–Crippen LogP) is 2.84. The Morgan fingerprint density at radius 2 is 2.14 bits per heavy atom. The van der Waals surface area contributed by atoms with E-state index < -0.39 is 0 Å². The third kappa shape index (κ3) is 3.93. The minimum atomic E-state index is -0.295. The summed E-state index contributed by atoms with van der Waals surface area (Å²) in [6.07, 6.45) is 4.57. The van der Waals surface area contributed by atoms with Gasteiger partial charge < -0.3 is 15.5 Å². The van der Waals surface area contributed by atoms with Gasteiger partial charge in [0.05, 0.1) is 0 Å². The Hall–Kier alpha value is -2.70. The molecule has 1 aliphatic carbocycles. The van der Waals surface area contributed by atoms with Crippen LogP contribution >= 0.6 is 0 Å². The van der Waals surface area contributed by atoms with Gasteiger partial charge in [-0.3, -0.25) is 4.99 Å². The number of aliphatic imine (C=N–C) groups is 1. The Labute approximate surface area is 163 Å². The summed E-state index contributed by atoms with van der Waals surface area (Å²) in [5.74, 6) is 0.629. The van der Waals surface area contributed by atoms with Gasteiger partial charge in [0.2, 0.25) is 0 Å². The molecule has 2 N–H and O–H groups in total. The Bertz CT molecular complexity index is 865. The highest BCUT2D eigenvalue weighted by Crippen LogP contribution is 2.47. The topological polar surface area (TPSA) is 52.6 Å². The highest BCUT2D eigenvalue weighted by atomic mass is 19.1. The number of rotatable bonds is 5. The Morgan fingerprint density at radius 1 is 1.29 bits per heavy atom. The lowest BCUT2D eigenvalue weighted by Crippen LogP contribution is -2.46. The number of hydrogen-bond donors (Lipinski definition) is 2. The van der Waals surface area contributed by atoms with E-state index in [2.05, 4.69) is 20.6 Å². The monoisotopic (exact) mass is 385 g/mol. The van der Waals surface area contributed by atoms with E-state index in [4.69, 9.17) is 0 Å². The maximum Gasteiger partial charge on any atom is 0.191 e. The van der Waals surface area contributed by atoms with Gasteiger partial charge in [-0.15, -0.1) is 0 Å². The van der Waals surface area contributed by atoms with Crippen LogP contribution in [0, 0.1) is 11.6 Å². The van der Waals surface area contributed by atoms with Crippen molar-refractivity contribution >= 4 is 11.8 Å². The van der Waals surface area contributed by atoms with Crippen LogP contribution in [0.4, 0.5) is 14.6 Å². The molecule has 4 rings (SSSR count). The van der Waals surface area contributed by atoms with E-state index in [-0.39, 0.29) is 23.1 Å². The SMILES string of the molecule is CN=C(NCC1(c2cccc(F)c2)CC1)NC1CCN(c2ncccc2F)C1. The standard InChI is InChI=1S/C21H25F2N5/c1-24-20(26-14-21(8-9-21)15-4-2-5-16(22)12-15)27-17-7-11-28(13-17)19-18(23)6-3-10-25-19/h2-6,10,12,17H,7-9,11,13-14H2,1H3,(H2,24,26,27). The van der Waals surface area contributed by atoms with E-state index in [1.807, 2.05) is 11.0 Å². The van der Waals surface area contributed by atoms with Gasteiger partial charge in [0.1, 0.15) is 5.82 Å². The van der Waals surface area contributed by atoms with Crippen molar-refractivity contribution in [1.82, 2.24) is 15.6 Å². The summed E-state index contributed by atoms with van der Waals surface area (Å²) in [6, 6.07) is 10.1. The van der Waals surface area contributed by atoms with E-state index >= 15 is 0 Å². The van der Waals surface area contributed by atoms with Gasteiger partial charge >= 0.3 is 0 Å². The van der Waals surface area contributed by atoms with E-state index in [1.165, 1.54) is 12.1 Å². The molecule has 0 radical (unpaired) electrons. The smallest absolute Gasteiger partial charge is 0.191 e. The summed E-state index contributed by atoms with van der Waals surface area (Å²) >= 11 is 0. The molecule has 1 unspecified atom stereocenters. The van der Waals surface area contributed by atoms with Crippen LogP contribution in [0.15, 0.2) is 47.6 Å². The summed E-state index contributed by atoms with van der Waals surface area (Å²) in [6.45, 7) is 2.13. The van der Waals surface area contributed by atoms with Gasteiger partial charge in [0, 0.05) is 44.3 Å². The van der Waals surface area contributed by atoms with Crippen LogP contribution in [0.2, 0.25) is 0 Å². The van der Waals surface area contributed by atoms with Crippen molar-refractivity contribution in [2.24, 2.45) is 4.99 Å². The Kier molecular flexibility index (Phi) is 5.15. The average Bonchev–Trinajstić information content (AvgIpc) is 3.36. The van der Waals surface area contributed by atoms with Gasteiger partial charge in [0.15, 0.2) is 17.6 Å². The zero-order chi connectivity index (χ0) is 19.6. The fraction of sp³-hybridized carbons (Fsp3) is 0.429. The fourth-order valence-corrected chi connectivity index (χ4v) is 3.86. The van der Waals surface area contributed by atoms with Gasteiger partial charge in [-0.05, 0) is 49.1 Å². The molecule has 1 saturated carbocycles. The van der Waals surface area contributed by atoms with E-state index in [1.54, 1.807) is 31.4 Å². The molecule has 1 aliphatic heterocycles. The number of guanidine groups is 1. The van der Waals surface area contributed by atoms with Crippen molar-refractivity contribution in [3.8, 4) is 0 Å². The first-order valence-corrected chi connectivity index (χ1v) is 9.68. The lowest BCUT2D eigenvalue weighted by molar-refractivity contribution is 0.597. The molecular weight excluding hydrogens is 360 g/mol. The quantitative estimate of drug-likeness (QED) is 0.614. The molecule has 2 aromatic rings. The second-order valence-electron chi connectivity index (χ2n) is 7.60. The van der Waals surface area contributed by atoms with Crippen molar-refractivity contribution in [2.75, 3.05) is 31.6 Å². The molecule has 1 atom stereocenters. The molecule has 1 aromatic carbocycles. The van der Waals surface area contributed by atoms with Crippen LogP contribution in [0.5, 0.6) is 0 Å². The summed E-state index contributed by atoms with van der Waals surface area (Å²) in [5, 5.41) is 6.81. The highest BCUT2D eigenvalue weighted by molar-refractivity contribution is 5.80. The molecule has 7 heteroatoms. The van der Waals surface area contributed by atoms with Crippen molar-refractivity contribution in [3.63, 3.8) is 0 Å². The average molecular weight is 385 g/mol. The largest absolute Gasteiger partial charge is 0.356 e. The van der Waals surface area contributed by atoms with Crippen LogP contribution in [-0.4, -0.2) is 43.7 Å². The van der Waals surface area contributed by atoms with E-state index in [0.717, 1.165) is 37.3 Å². The summed E-state index contributed by atoms with van der Waals surface area (Å²) in [4.78, 5) is 10.4. The van der Waals surface area contributed by atoms with Crippen molar-refractivity contribution in [1.29, 1.82) is 0 Å². The van der Waals surface area contributed by atoms with E-state index in [9.17, 15) is 8.78 Å². The molecule has 148 valence electrons. The summed E-state index contributed by atoms with van der Waals surface area (Å²) in [7, 11) is 1.74. The molecule has 0 amide bonds. The van der Waals surface area contributed by atoms with Gasteiger partial charge in [-0.1, -0.05) is 12.1 Å². The number of benzene rings is 1. The third-order valence-corrected chi connectivity index (χ3v) is 5.68. The van der Waals surface area contributed by atoms with Crippen molar-refractivity contribution < 1.29 is 8.78 Å². The molecule has 0 spiro atoms. The Balaban J connectivity index is 1.33. The van der Waals surface area contributed by atoms with Crippen LogP contribution in [0.25, 0.3) is 0 Å². The van der Waals surface area contributed by atoms with Crippen LogP contribution < -0.4 is 15.5 Å². The molecule has 2 heterocycles. The van der Waals surface area contributed by atoms with Gasteiger partial charge in [-0.25, -0.2) is 13.8 Å². The molecule has 1 saturated heterocycles. The lowest BCUT2D eigenvalue weighted by atomic mass is 9.96. The number of anilines is 1. The second-order valence-corrected chi connectivity index (χ2v) is 7.60. The normalized spacial score (nSPS) is 20.9.